The number of fused-ring (bicyclic) bond motifs is 2. The Morgan fingerprint density at radius 1 is 1.15 bits per heavy atom. The molecule has 0 aliphatic heterocycles. The average Bonchev–Trinajstić information content (AvgIpc) is 3.11. The molecule has 1 aliphatic carbocycles. The highest BCUT2D eigenvalue weighted by molar-refractivity contribution is 14.0. The number of pyridine rings is 1. The maximum Gasteiger partial charge on any atom is 0.191 e. The number of nitrogens with zero attached hydrogens (tertiary/aromatic N) is 4. The summed E-state index contributed by atoms with van der Waals surface area (Å²) in [6.45, 7) is 1.46. The van der Waals surface area contributed by atoms with E-state index in [-0.39, 0.29) is 24.0 Å². The van der Waals surface area contributed by atoms with Crippen LogP contribution in [0.1, 0.15) is 35.7 Å². The first kappa shape index (κ1) is 19.6. The summed E-state index contributed by atoms with van der Waals surface area (Å²) in [5, 5.41) is 15.2. The monoisotopic (exact) mass is 476 g/mol. The van der Waals surface area contributed by atoms with E-state index in [2.05, 4.69) is 50.1 Å². The van der Waals surface area contributed by atoms with Crippen molar-refractivity contribution in [1.82, 2.24) is 25.2 Å². The highest BCUT2D eigenvalue weighted by Crippen LogP contribution is 2.30. The Kier molecular flexibility index (Phi) is 6.65. The maximum absolute atomic E-state index is 4.34. The summed E-state index contributed by atoms with van der Waals surface area (Å²) >= 11 is 0. The summed E-state index contributed by atoms with van der Waals surface area (Å²) in [7, 11) is 1.80. The molecule has 0 saturated heterocycles. The van der Waals surface area contributed by atoms with Crippen molar-refractivity contribution in [2.24, 2.45) is 4.99 Å². The molecule has 2 heterocycles. The lowest BCUT2D eigenvalue weighted by Crippen LogP contribution is -2.39. The van der Waals surface area contributed by atoms with Gasteiger partial charge in [0.1, 0.15) is 0 Å². The van der Waals surface area contributed by atoms with Gasteiger partial charge in [0.25, 0.3) is 0 Å². The molecule has 142 valence electrons. The van der Waals surface area contributed by atoms with E-state index in [1.165, 1.54) is 30.4 Å². The van der Waals surface area contributed by atoms with Gasteiger partial charge in [-0.2, -0.15) is 0 Å². The van der Waals surface area contributed by atoms with Crippen LogP contribution < -0.4 is 10.6 Å². The first-order valence-electron chi connectivity index (χ1n) is 9.16. The fraction of sp³-hybridized carbons (Fsp3) is 0.350. The van der Waals surface area contributed by atoms with Crippen LogP contribution in [0.3, 0.4) is 0 Å². The number of rotatable bonds is 4. The average molecular weight is 476 g/mol. The number of aliphatic imine (C=N–C) groups is 1. The first-order chi connectivity index (χ1) is 12.8. The topological polar surface area (TPSA) is 66.6 Å². The third-order valence-corrected chi connectivity index (χ3v) is 5.03. The van der Waals surface area contributed by atoms with Crippen LogP contribution >= 0.6 is 24.0 Å². The lowest BCUT2D eigenvalue weighted by atomic mass is 9.83. The minimum absolute atomic E-state index is 0. The minimum Gasteiger partial charge on any atom is -0.356 e. The molecule has 1 aromatic carbocycles. The molecule has 3 aromatic rings. The van der Waals surface area contributed by atoms with Crippen LogP contribution in [0.2, 0.25) is 0 Å². The van der Waals surface area contributed by atoms with E-state index in [9.17, 15) is 0 Å². The second kappa shape index (κ2) is 9.16. The predicted octanol–water partition coefficient (Wildman–Crippen LogP) is 3.13. The standard InChI is InChI=1S/C20H24N6.HI/c1-21-20(23-14-19-25-24-18-11-4-5-12-26(18)19)22-13-16-9-6-8-15-7-2-3-10-17(15)16;/h2-5,7,10-12,16H,6,8-9,13-14H2,1H3,(H2,21,22,23);1H. The number of hydrogen-bond acceptors (Lipinski definition) is 3. The molecule has 6 nitrogen and oxygen atoms in total. The minimum atomic E-state index is 0. The zero-order chi connectivity index (χ0) is 17.8. The Balaban J connectivity index is 0.00000210. The second-order valence-electron chi connectivity index (χ2n) is 6.64. The van der Waals surface area contributed by atoms with Gasteiger partial charge in [0.2, 0.25) is 0 Å². The normalized spacial score (nSPS) is 16.5. The van der Waals surface area contributed by atoms with E-state index >= 15 is 0 Å². The molecule has 0 fully saturated rings. The van der Waals surface area contributed by atoms with Gasteiger partial charge >= 0.3 is 0 Å². The SMILES string of the molecule is CN=C(NCc1nnc2ccccn12)NCC1CCCc2ccccc21.I. The third-order valence-electron chi connectivity index (χ3n) is 5.03. The lowest BCUT2D eigenvalue weighted by molar-refractivity contribution is 0.539. The molecule has 1 unspecified atom stereocenters. The molecule has 0 amide bonds. The fourth-order valence-corrected chi connectivity index (χ4v) is 3.68. The van der Waals surface area contributed by atoms with E-state index in [1.807, 2.05) is 28.8 Å². The lowest BCUT2D eigenvalue weighted by Gasteiger charge is -2.26. The van der Waals surface area contributed by atoms with Crippen molar-refractivity contribution < 1.29 is 0 Å². The molecule has 4 rings (SSSR count). The van der Waals surface area contributed by atoms with E-state index in [1.54, 1.807) is 7.05 Å². The molecule has 0 radical (unpaired) electrons. The van der Waals surface area contributed by atoms with Crippen molar-refractivity contribution in [1.29, 1.82) is 0 Å². The summed E-state index contributed by atoms with van der Waals surface area (Å²) in [4.78, 5) is 4.34. The van der Waals surface area contributed by atoms with Crippen LogP contribution in [-0.2, 0) is 13.0 Å². The van der Waals surface area contributed by atoms with Gasteiger partial charge in [-0.05, 0) is 42.5 Å². The smallest absolute Gasteiger partial charge is 0.191 e. The molecule has 1 aliphatic rings. The molecular formula is C20H25IN6. The highest BCUT2D eigenvalue weighted by atomic mass is 127. The molecule has 7 heteroatoms. The largest absolute Gasteiger partial charge is 0.356 e. The van der Waals surface area contributed by atoms with Gasteiger partial charge < -0.3 is 10.6 Å². The van der Waals surface area contributed by atoms with Crippen LogP contribution in [0.25, 0.3) is 5.65 Å². The summed E-state index contributed by atoms with van der Waals surface area (Å²) < 4.78 is 1.98. The van der Waals surface area contributed by atoms with Crippen molar-refractivity contribution in [2.45, 2.75) is 31.7 Å². The van der Waals surface area contributed by atoms with E-state index < -0.39 is 0 Å². The van der Waals surface area contributed by atoms with Gasteiger partial charge in [-0.3, -0.25) is 9.39 Å². The summed E-state index contributed by atoms with van der Waals surface area (Å²) in [5.74, 6) is 2.19. The quantitative estimate of drug-likeness (QED) is 0.345. The number of aromatic nitrogens is 3. The number of halogens is 1. The van der Waals surface area contributed by atoms with Crippen molar-refractivity contribution in [3.63, 3.8) is 0 Å². The Morgan fingerprint density at radius 2 is 2.00 bits per heavy atom. The van der Waals surface area contributed by atoms with Gasteiger partial charge in [-0.25, -0.2) is 0 Å². The summed E-state index contributed by atoms with van der Waals surface area (Å²) in [6, 6.07) is 14.7. The van der Waals surface area contributed by atoms with Crippen molar-refractivity contribution in [3.05, 3.63) is 65.6 Å². The molecule has 27 heavy (non-hydrogen) atoms. The Labute approximate surface area is 176 Å². The number of nitrogens with one attached hydrogen (secondary N) is 2. The van der Waals surface area contributed by atoms with Gasteiger partial charge in [0.05, 0.1) is 6.54 Å². The molecule has 2 aromatic heterocycles. The van der Waals surface area contributed by atoms with E-state index in [0.29, 0.717) is 12.5 Å². The van der Waals surface area contributed by atoms with Gasteiger partial charge in [0, 0.05) is 25.7 Å². The van der Waals surface area contributed by atoms with Gasteiger partial charge in [-0.1, -0.05) is 30.3 Å². The third kappa shape index (κ3) is 4.40. The maximum atomic E-state index is 4.34. The summed E-state index contributed by atoms with van der Waals surface area (Å²) in [5.41, 5.74) is 3.82. The number of benzene rings is 1. The molecule has 0 bridgehead atoms. The molecule has 0 spiro atoms. The van der Waals surface area contributed by atoms with E-state index in [0.717, 1.165) is 24.0 Å². The zero-order valence-electron chi connectivity index (χ0n) is 15.4. The highest BCUT2D eigenvalue weighted by Gasteiger charge is 2.19. The van der Waals surface area contributed by atoms with Crippen LogP contribution in [0.15, 0.2) is 53.7 Å². The van der Waals surface area contributed by atoms with Gasteiger partial charge in [-0.15, -0.1) is 34.2 Å². The molecular weight excluding hydrogens is 451 g/mol. The van der Waals surface area contributed by atoms with Crippen molar-refractivity contribution in [3.8, 4) is 0 Å². The zero-order valence-corrected chi connectivity index (χ0v) is 17.8. The molecule has 0 saturated carbocycles. The second-order valence-corrected chi connectivity index (χ2v) is 6.64. The van der Waals surface area contributed by atoms with Gasteiger partial charge in [0.15, 0.2) is 17.4 Å². The van der Waals surface area contributed by atoms with Crippen LogP contribution in [0.4, 0.5) is 0 Å². The Bertz CT molecular complexity index is 919. The predicted molar refractivity (Wildman–Crippen MR) is 119 cm³/mol. The molecule has 1 atom stereocenters. The van der Waals surface area contributed by atoms with Crippen molar-refractivity contribution in [2.75, 3.05) is 13.6 Å². The summed E-state index contributed by atoms with van der Waals surface area (Å²) in [6.07, 6.45) is 5.64. The van der Waals surface area contributed by atoms with E-state index in [4.69, 9.17) is 0 Å². The number of guanidine groups is 1. The molecule has 2 N–H and O–H groups in total. The Hall–Kier alpha value is -2.16. The fourth-order valence-electron chi connectivity index (χ4n) is 3.68. The van der Waals surface area contributed by atoms with Crippen LogP contribution in [0.5, 0.6) is 0 Å². The number of hydrogen-bond donors (Lipinski definition) is 2. The van der Waals surface area contributed by atoms with Crippen molar-refractivity contribution >= 4 is 35.6 Å². The number of aryl methyl sites for hydroxylation is 1. The Morgan fingerprint density at radius 3 is 2.89 bits per heavy atom. The first-order valence-corrected chi connectivity index (χ1v) is 9.16. The van der Waals surface area contributed by atoms with Crippen LogP contribution in [0, 0.1) is 0 Å². The van der Waals surface area contributed by atoms with Crippen LogP contribution in [-0.4, -0.2) is 34.2 Å².